The van der Waals surface area contributed by atoms with Crippen LogP contribution in [0, 0.1) is 10.1 Å². The van der Waals surface area contributed by atoms with Crippen molar-refractivity contribution < 1.29 is 19.6 Å². The van der Waals surface area contributed by atoms with Crippen LogP contribution in [-0.2, 0) is 11.2 Å². The van der Waals surface area contributed by atoms with Crippen molar-refractivity contribution in [2.24, 2.45) is 0 Å². The molecule has 0 atom stereocenters. The SMILES string of the molecule is O=C(O)Cc1cccc(Oc2cc(Cl)ccc2[N+](=O)[O-])c1. The van der Waals surface area contributed by atoms with Gasteiger partial charge in [-0.3, -0.25) is 14.9 Å². The number of halogens is 1. The Morgan fingerprint density at radius 3 is 2.71 bits per heavy atom. The van der Waals surface area contributed by atoms with Crippen molar-refractivity contribution >= 4 is 23.3 Å². The number of carboxylic acids is 1. The van der Waals surface area contributed by atoms with Gasteiger partial charge in [-0.05, 0) is 23.8 Å². The molecule has 21 heavy (non-hydrogen) atoms. The van der Waals surface area contributed by atoms with Crippen molar-refractivity contribution in [2.45, 2.75) is 6.42 Å². The molecule has 108 valence electrons. The molecule has 0 aliphatic heterocycles. The number of carboxylic acid groups (broad SMARTS) is 1. The lowest BCUT2D eigenvalue weighted by molar-refractivity contribution is -0.385. The summed E-state index contributed by atoms with van der Waals surface area (Å²) in [7, 11) is 0. The Morgan fingerprint density at radius 1 is 1.29 bits per heavy atom. The Kier molecular flexibility index (Phi) is 4.39. The number of nitrogens with zero attached hydrogens (tertiary/aromatic N) is 1. The molecule has 6 nitrogen and oxygen atoms in total. The minimum Gasteiger partial charge on any atom is -0.481 e. The van der Waals surface area contributed by atoms with Gasteiger partial charge in [0.2, 0.25) is 5.75 Å². The summed E-state index contributed by atoms with van der Waals surface area (Å²) >= 11 is 5.81. The van der Waals surface area contributed by atoms with E-state index in [0.29, 0.717) is 16.3 Å². The molecule has 0 spiro atoms. The van der Waals surface area contributed by atoms with Crippen LogP contribution in [0.3, 0.4) is 0 Å². The standard InChI is InChI=1S/C14H10ClNO5/c15-10-4-5-12(16(19)20)13(8-10)21-11-3-1-2-9(6-11)7-14(17)18/h1-6,8H,7H2,(H,17,18). The number of ether oxygens (including phenoxy) is 1. The first kappa shape index (κ1) is 14.8. The molecular weight excluding hydrogens is 298 g/mol. The van der Waals surface area contributed by atoms with Crippen molar-refractivity contribution in [2.75, 3.05) is 0 Å². The highest BCUT2D eigenvalue weighted by molar-refractivity contribution is 6.30. The molecule has 0 unspecified atom stereocenters. The summed E-state index contributed by atoms with van der Waals surface area (Å²) in [5.74, 6) is -0.667. The molecular formula is C14H10ClNO5. The van der Waals surface area contributed by atoms with Crippen LogP contribution in [0.2, 0.25) is 5.02 Å². The van der Waals surface area contributed by atoms with Crippen LogP contribution >= 0.6 is 11.6 Å². The Bertz CT molecular complexity index is 702. The van der Waals surface area contributed by atoms with Gasteiger partial charge in [0.1, 0.15) is 5.75 Å². The van der Waals surface area contributed by atoms with Gasteiger partial charge in [-0.1, -0.05) is 23.7 Å². The first-order valence-electron chi connectivity index (χ1n) is 5.88. The van der Waals surface area contributed by atoms with E-state index in [-0.39, 0.29) is 17.9 Å². The molecule has 0 aromatic heterocycles. The number of nitro groups is 1. The van der Waals surface area contributed by atoms with Crippen LogP contribution in [-0.4, -0.2) is 16.0 Å². The lowest BCUT2D eigenvalue weighted by atomic mass is 10.1. The molecule has 0 aliphatic carbocycles. The number of carbonyl (C=O) groups is 1. The van der Waals surface area contributed by atoms with E-state index in [1.54, 1.807) is 18.2 Å². The quantitative estimate of drug-likeness (QED) is 0.672. The Labute approximate surface area is 124 Å². The summed E-state index contributed by atoms with van der Waals surface area (Å²) in [4.78, 5) is 21.0. The molecule has 2 rings (SSSR count). The molecule has 0 saturated carbocycles. The maximum absolute atomic E-state index is 10.9. The molecule has 7 heteroatoms. The Morgan fingerprint density at radius 2 is 2.05 bits per heavy atom. The second-order valence-corrected chi connectivity index (χ2v) is 4.63. The zero-order valence-corrected chi connectivity index (χ0v) is 11.4. The van der Waals surface area contributed by atoms with E-state index in [1.165, 1.54) is 24.3 Å². The van der Waals surface area contributed by atoms with Gasteiger partial charge in [0.25, 0.3) is 0 Å². The summed E-state index contributed by atoms with van der Waals surface area (Å²) in [5, 5.41) is 20.0. The average molecular weight is 308 g/mol. The Hall–Kier alpha value is -2.60. The van der Waals surface area contributed by atoms with E-state index in [4.69, 9.17) is 21.4 Å². The number of hydrogen-bond donors (Lipinski definition) is 1. The van der Waals surface area contributed by atoms with Gasteiger partial charge in [-0.2, -0.15) is 0 Å². The molecule has 0 aliphatic rings. The number of aliphatic carboxylic acids is 1. The van der Waals surface area contributed by atoms with Gasteiger partial charge >= 0.3 is 11.7 Å². The fourth-order valence-corrected chi connectivity index (χ4v) is 1.90. The molecule has 0 fully saturated rings. The summed E-state index contributed by atoms with van der Waals surface area (Å²) in [6, 6.07) is 10.3. The number of rotatable bonds is 5. The van der Waals surface area contributed by atoms with Crippen molar-refractivity contribution in [3.05, 3.63) is 63.2 Å². The van der Waals surface area contributed by atoms with E-state index in [9.17, 15) is 14.9 Å². The normalized spacial score (nSPS) is 10.1. The molecule has 0 heterocycles. The molecule has 0 saturated heterocycles. The first-order valence-corrected chi connectivity index (χ1v) is 6.26. The molecule has 1 N–H and O–H groups in total. The van der Waals surface area contributed by atoms with Gasteiger partial charge < -0.3 is 9.84 Å². The van der Waals surface area contributed by atoms with E-state index in [2.05, 4.69) is 0 Å². The topological polar surface area (TPSA) is 89.7 Å². The van der Waals surface area contributed by atoms with Gasteiger partial charge in [-0.15, -0.1) is 0 Å². The third-order valence-electron chi connectivity index (χ3n) is 2.60. The first-order chi connectivity index (χ1) is 9.95. The number of hydrogen-bond acceptors (Lipinski definition) is 4. The maximum Gasteiger partial charge on any atom is 0.311 e. The maximum atomic E-state index is 10.9. The molecule has 0 bridgehead atoms. The Balaban J connectivity index is 2.31. The number of nitro benzene ring substituents is 1. The van der Waals surface area contributed by atoms with E-state index < -0.39 is 10.9 Å². The molecule has 2 aromatic rings. The molecule has 0 radical (unpaired) electrons. The smallest absolute Gasteiger partial charge is 0.311 e. The lowest BCUT2D eigenvalue weighted by Gasteiger charge is -2.08. The van der Waals surface area contributed by atoms with E-state index in [1.807, 2.05) is 0 Å². The van der Waals surface area contributed by atoms with Crippen molar-refractivity contribution in [3.8, 4) is 11.5 Å². The third-order valence-corrected chi connectivity index (χ3v) is 2.84. The van der Waals surface area contributed by atoms with E-state index in [0.717, 1.165) is 0 Å². The summed E-state index contributed by atoms with van der Waals surface area (Å²) in [6.45, 7) is 0. The zero-order chi connectivity index (χ0) is 15.4. The predicted octanol–water partition coefficient (Wildman–Crippen LogP) is 3.67. The highest BCUT2D eigenvalue weighted by Gasteiger charge is 2.16. The molecule has 2 aromatic carbocycles. The van der Waals surface area contributed by atoms with Crippen LogP contribution in [0.5, 0.6) is 11.5 Å². The summed E-state index contributed by atoms with van der Waals surface area (Å²) in [6.07, 6.45) is -0.158. The van der Waals surface area contributed by atoms with Gasteiger partial charge in [0.05, 0.1) is 11.3 Å². The highest BCUT2D eigenvalue weighted by atomic mass is 35.5. The van der Waals surface area contributed by atoms with Crippen molar-refractivity contribution in [3.63, 3.8) is 0 Å². The minimum atomic E-state index is -0.971. The van der Waals surface area contributed by atoms with Crippen LogP contribution < -0.4 is 4.74 Å². The van der Waals surface area contributed by atoms with Gasteiger partial charge in [0, 0.05) is 17.2 Å². The largest absolute Gasteiger partial charge is 0.481 e. The monoisotopic (exact) mass is 307 g/mol. The number of benzene rings is 2. The summed E-state index contributed by atoms with van der Waals surface area (Å²) in [5.41, 5.74) is 0.313. The minimum absolute atomic E-state index is 0.0000231. The second kappa shape index (κ2) is 6.23. The predicted molar refractivity (Wildman–Crippen MR) is 76.0 cm³/mol. The van der Waals surface area contributed by atoms with Crippen LogP contribution in [0.15, 0.2) is 42.5 Å². The molecule has 0 amide bonds. The average Bonchev–Trinajstić information content (AvgIpc) is 2.38. The van der Waals surface area contributed by atoms with Crippen LogP contribution in [0.25, 0.3) is 0 Å². The lowest BCUT2D eigenvalue weighted by Crippen LogP contribution is -2.00. The van der Waals surface area contributed by atoms with Crippen molar-refractivity contribution in [1.29, 1.82) is 0 Å². The second-order valence-electron chi connectivity index (χ2n) is 4.19. The fourth-order valence-electron chi connectivity index (χ4n) is 1.74. The fraction of sp³-hybridized carbons (Fsp3) is 0.0714. The van der Waals surface area contributed by atoms with Gasteiger partial charge in [0.15, 0.2) is 0 Å². The van der Waals surface area contributed by atoms with Crippen LogP contribution in [0.1, 0.15) is 5.56 Å². The van der Waals surface area contributed by atoms with E-state index >= 15 is 0 Å². The summed E-state index contributed by atoms with van der Waals surface area (Å²) < 4.78 is 5.45. The van der Waals surface area contributed by atoms with Crippen molar-refractivity contribution in [1.82, 2.24) is 0 Å². The highest BCUT2D eigenvalue weighted by Crippen LogP contribution is 2.33. The third kappa shape index (κ3) is 3.93. The van der Waals surface area contributed by atoms with Gasteiger partial charge in [-0.25, -0.2) is 0 Å². The zero-order valence-electron chi connectivity index (χ0n) is 10.7. The van der Waals surface area contributed by atoms with Crippen LogP contribution in [0.4, 0.5) is 5.69 Å².